The van der Waals surface area contributed by atoms with Crippen molar-refractivity contribution in [3.8, 4) is 0 Å². The molecule has 5 nitrogen and oxygen atoms in total. The third kappa shape index (κ3) is 4.51. The highest BCUT2D eigenvalue weighted by Crippen LogP contribution is 2.20. The van der Waals surface area contributed by atoms with Crippen molar-refractivity contribution in [2.24, 2.45) is 10.2 Å². The summed E-state index contributed by atoms with van der Waals surface area (Å²) in [5.41, 5.74) is 3.04. The van der Waals surface area contributed by atoms with Crippen LogP contribution in [0, 0.1) is 0 Å². The number of nitrogens with zero attached hydrogens (tertiary/aromatic N) is 3. The van der Waals surface area contributed by atoms with E-state index in [2.05, 4.69) is 15.5 Å². The van der Waals surface area contributed by atoms with Crippen LogP contribution in [0.3, 0.4) is 0 Å². The second-order valence-corrected chi connectivity index (χ2v) is 5.41. The van der Waals surface area contributed by atoms with Crippen LogP contribution in [0.1, 0.15) is 0 Å². The van der Waals surface area contributed by atoms with Gasteiger partial charge < -0.3 is 5.32 Å². The Labute approximate surface area is 146 Å². The molecular weight excluding hydrogens is 312 g/mol. The summed E-state index contributed by atoms with van der Waals surface area (Å²) in [6.45, 7) is 0. The van der Waals surface area contributed by atoms with Gasteiger partial charge >= 0.3 is 6.03 Å². The largest absolute Gasteiger partial charge is 0.326 e. The van der Waals surface area contributed by atoms with E-state index in [1.807, 2.05) is 72.8 Å². The van der Waals surface area contributed by atoms with Gasteiger partial charge in [-0.1, -0.05) is 36.4 Å². The fourth-order valence-electron chi connectivity index (χ4n) is 2.20. The zero-order valence-corrected chi connectivity index (χ0v) is 13.8. The number of nitrogens with one attached hydrogen (secondary N) is 1. The van der Waals surface area contributed by atoms with Gasteiger partial charge in [0.05, 0.1) is 11.4 Å². The van der Waals surface area contributed by atoms with Crippen LogP contribution in [-0.2, 0) is 0 Å². The molecule has 0 atom stereocenters. The zero-order chi connectivity index (χ0) is 17.5. The van der Waals surface area contributed by atoms with Gasteiger partial charge in [0.15, 0.2) is 0 Å². The maximum Gasteiger partial charge on any atom is 0.326 e. The number of rotatable bonds is 4. The molecule has 25 heavy (non-hydrogen) atoms. The van der Waals surface area contributed by atoms with Crippen molar-refractivity contribution >= 4 is 28.8 Å². The molecule has 3 aromatic carbocycles. The Morgan fingerprint density at radius 3 is 1.88 bits per heavy atom. The molecule has 0 saturated carbocycles. The molecule has 0 bridgehead atoms. The normalized spacial score (nSPS) is 10.6. The van der Waals surface area contributed by atoms with Crippen LogP contribution in [0.4, 0.5) is 27.5 Å². The van der Waals surface area contributed by atoms with E-state index in [4.69, 9.17) is 0 Å². The van der Waals surface area contributed by atoms with Crippen LogP contribution < -0.4 is 10.2 Å². The van der Waals surface area contributed by atoms with E-state index in [-0.39, 0.29) is 6.03 Å². The van der Waals surface area contributed by atoms with Crippen LogP contribution in [0.2, 0.25) is 0 Å². The first-order valence-corrected chi connectivity index (χ1v) is 7.89. The number of anilines is 2. The molecule has 124 valence electrons. The summed E-state index contributed by atoms with van der Waals surface area (Å²) in [5.74, 6) is 0. The summed E-state index contributed by atoms with van der Waals surface area (Å²) < 4.78 is 0. The molecule has 2 amide bonds. The van der Waals surface area contributed by atoms with Crippen molar-refractivity contribution in [2.75, 3.05) is 17.3 Å². The molecule has 0 aliphatic heterocycles. The first kappa shape index (κ1) is 16.4. The Morgan fingerprint density at radius 1 is 0.760 bits per heavy atom. The van der Waals surface area contributed by atoms with E-state index in [1.165, 1.54) is 0 Å². The summed E-state index contributed by atoms with van der Waals surface area (Å²) in [7, 11) is 1.73. The molecule has 0 aliphatic carbocycles. The number of urea groups is 1. The summed E-state index contributed by atoms with van der Waals surface area (Å²) in [5, 5.41) is 11.2. The standard InChI is InChI=1S/C20H18N4O/c1-24(19-10-6-3-7-11-19)20(25)21-16-12-14-18(15-13-16)23-22-17-8-4-2-5-9-17/h2-15H,1H3,(H,21,25). The topological polar surface area (TPSA) is 57.1 Å². The van der Waals surface area contributed by atoms with Gasteiger partial charge in [-0.05, 0) is 48.5 Å². The summed E-state index contributed by atoms with van der Waals surface area (Å²) in [6.07, 6.45) is 0. The summed E-state index contributed by atoms with van der Waals surface area (Å²) >= 11 is 0. The summed E-state index contributed by atoms with van der Waals surface area (Å²) in [4.78, 5) is 13.8. The third-order valence-electron chi connectivity index (χ3n) is 3.60. The van der Waals surface area contributed by atoms with Gasteiger partial charge in [-0.3, -0.25) is 4.90 Å². The maximum atomic E-state index is 12.3. The molecule has 5 heteroatoms. The number of benzene rings is 3. The van der Waals surface area contributed by atoms with Gasteiger partial charge in [-0.2, -0.15) is 10.2 Å². The molecule has 0 aromatic heterocycles. The summed E-state index contributed by atoms with van der Waals surface area (Å²) in [6, 6.07) is 26.0. The third-order valence-corrected chi connectivity index (χ3v) is 3.60. The van der Waals surface area contributed by atoms with Gasteiger partial charge in [-0.25, -0.2) is 4.79 Å². The van der Waals surface area contributed by atoms with Crippen molar-refractivity contribution in [1.82, 2.24) is 0 Å². The predicted octanol–water partition coefficient (Wildman–Crippen LogP) is 5.77. The van der Waals surface area contributed by atoms with E-state index in [9.17, 15) is 4.79 Å². The molecule has 1 N–H and O–H groups in total. The minimum Gasteiger partial charge on any atom is -0.308 e. The molecule has 0 spiro atoms. The molecule has 0 heterocycles. The highest BCUT2D eigenvalue weighted by Gasteiger charge is 2.10. The minimum absolute atomic E-state index is 0.204. The molecule has 0 unspecified atom stereocenters. The first-order chi connectivity index (χ1) is 12.2. The zero-order valence-electron chi connectivity index (χ0n) is 13.8. The molecule has 0 fully saturated rings. The van der Waals surface area contributed by atoms with Crippen molar-refractivity contribution in [3.63, 3.8) is 0 Å². The van der Waals surface area contributed by atoms with Crippen molar-refractivity contribution < 1.29 is 4.79 Å². The fraction of sp³-hybridized carbons (Fsp3) is 0.0500. The smallest absolute Gasteiger partial charge is 0.308 e. The number of carbonyl (C=O) groups excluding carboxylic acids is 1. The van der Waals surface area contributed by atoms with Gasteiger partial charge in [0, 0.05) is 18.4 Å². The van der Waals surface area contributed by atoms with E-state index < -0.39 is 0 Å². The number of amides is 2. The van der Waals surface area contributed by atoms with Crippen LogP contribution in [0.5, 0.6) is 0 Å². The highest BCUT2D eigenvalue weighted by atomic mass is 16.2. The Kier molecular flexibility index (Phi) is 5.16. The second-order valence-electron chi connectivity index (χ2n) is 5.41. The molecule has 0 radical (unpaired) electrons. The lowest BCUT2D eigenvalue weighted by Gasteiger charge is -2.18. The molecule has 0 saturated heterocycles. The Morgan fingerprint density at radius 2 is 1.28 bits per heavy atom. The average molecular weight is 330 g/mol. The lowest BCUT2D eigenvalue weighted by molar-refractivity contribution is 0.258. The lowest BCUT2D eigenvalue weighted by Crippen LogP contribution is -2.30. The number of hydrogen-bond acceptors (Lipinski definition) is 3. The van der Waals surface area contributed by atoms with Crippen molar-refractivity contribution in [3.05, 3.63) is 84.9 Å². The highest BCUT2D eigenvalue weighted by molar-refractivity contribution is 6.01. The minimum atomic E-state index is -0.204. The molecule has 3 rings (SSSR count). The Bertz CT molecular complexity index is 846. The number of azo groups is 1. The number of hydrogen-bond donors (Lipinski definition) is 1. The average Bonchev–Trinajstić information content (AvgIpc) is 2.68. The van der Waals surface area contributed by atoms with Gasteiger partial charge in [-0.15, -0.1) is 0 Å². The maximum absolute atomic E-state index is 12.3. The van der Waals surface area contributed by atoms with E-state index in [1.54, 1.807) is 24.1 Å². The predicted molar refractivity (Wildman–Crippen MR) is 101 cm³/mol. The Balaban J connectivity index is 1.62. The van der Waals surface area contributed by atoms with Crippen LogP contribution >= 0.6 is 0 Å². The number of para-hydroxylation sites is 1. The van der Waals surface area contributed by atoms with Crippen LogP contribution in [-0.4, -0.2) is 13.1 Å². The van der Waals surface area contributed by atoms with Gasteiger partial charge in [0.1, 0.15) is 0 Å². The van der Waals surface area contributed by atoms with Gasteiger partial charge in [0.2, 0.25) is 0 Å². The monoisotopic (exact) mass is 330 g/mol. The van der Waals surface area contributed by atoms with Crippen molar-refractivity contribution in [1.29, 1.82) is 0 Å². The lowest BCUT2D eigenvalue weighted by atomic mass is 10.3. The quantitative estimate of drug-likeness (QED) is 0.606. The molecule has 3 aromatic rings. The van der Waals surface area contributed by atoms with E-state index in [0.717, 1.165) is 17.1 Å². The van der Waals surface area contributed by atoms with Crippen LogP contribution in [0.15, 0.2) is 95.2 Å². The fourth-order valence-corrected chi connectivity index (χ4v) is 2.20. The molecule has 0 aliphatic rings. The molecular formula is C20H18N4O. The van der Waals surface area contributed by atoms with Crippen LogP contribution in [0.25, 0.3) is 0 Å². The van der Waals surface area contributed by atoms with Crippen molar-refractivity contribution in [2.45, 2.75) is 0 Å². The van der Waals surface area contributed by atoms with E-state index in [0.29, 0.717) is 5.69 Å². The van der Waals surface area contributed by atoms with Gasteiger partial charge in [0.25, 0.3) is 0 Å². The Hall–Kier alpha value is -3.47. The number of carbonyl (C=O) groups is 1. The first-order valence-electron chi connectivity index (χ1n) is 7.89. The van der Waals surface area contributed by atoms with E-state index >= 15 is 0 Å². The second kappa shape index (κ2) is 7.88. The SMILES string of the molecule is CN(C(=O)Nc1ccc(N=Nc2ccccc2)cc1)c1ccccc1.